The van der Waals surface area contributed by atoms with Crippen molar-refractivity contribution < 1.29 is 4.79 Å². The summed E-state index contributed by atoms with van der Waals surface area (Å²) < 4.78 is 2.58. The lowest BCUT2D eigenvalue weighted by molar-refractivity contribution is -0.121. The molecule has 0 fully saturated rings. The van der Waals surface area contributed by atoms with Crippen LogP contribution in [0.2, 0.25) is 0 Å². The molecule has 0 aliphatic rings. The number of amides is 1. The van der Waals surface area contributed by atoms with Crippen molar-refractivity contribution in [3.8, 4) is 0 Å². The summed E-state index contributed by atoms with van der Waals surface area (Å²) in [6, 6.07) is 21.0. The summed E-state index contributed by atoms with van der Waals surface area (Å²) in [6.07, 6.45) is 1.57. The summed E-state index contributed by atoms with van der Waals surface area (Å²) in [4.78, 5) is 42.9. The molecule has 4 rings (SSSR count). The van der Waals surface area contributed by atoms with E-state index in [9.17, 15) is 14.4 Å². The van der Waals surface area contributed by atoms with E-state index in [2.05, 4.69) is 10.3 Å². The van der Waals surface area contributed by atoms with E-state index in [0.717, 1.165) is 16.7 Å². The Labute approximate surface area is 191 Å². The molecule has 1 atom stereocenters. The minimum atomic E-state index is -0.742. The number of benzene rings is 2. The molecule has 7 heteroatoms. The SMILES string of the molecule is Cc1ccc(Cn2c(=O)c(=O)n(CC(=O)NC[C@@H](C)c3ccccc3)c3cccnc32)cc1. The summed E-state index contributed by atoms with van der Waals surface area (Å²) in [6.45, 7) is 4.41. The molecule has 2 heterocycles. The molecule has 2 aromatic carbocycles. The molecular formula is C26H26N4O3. The van der Waals surface area contributed by atoms with Gasteiger partial charge in [0.05, 0.1) is 12.1 Å². The molecule has 0 unspecified atom stereocenters. The van der Waals surface area contributed by atoms with Gasteiger partial charge in [0.15, 0.2) is 5.65 Å². The molecule has 1 N–H and O–H groups in total. The van der Waals surface area contributed by atoms with Gasteiger partial charge in [-0.1, -0.05) is 67.1 Å². The number of hydrogen-bond acceptors (Lipinski definition) is 4. The predicted octanol–water partition coefficient (Wildman–Crippen LogP) is 2.83. The number of aryl methyl sites for hydroxylation is 1. The molecule has 0 saturated heterocycles. The molecule has 0 saturated carbocycles. The first-order valence-electron chi connectivity index (χ1n) is 10.9. The minimum Gasteiger partial charge on any atom is -0.354 e. The van der Waals surface area contributed by atoms with Gasteiger partial charge in [-0.05, 0) is 36.1 Å². The summed E-state index contributed by atoms with van der Waals surface area (Å²) in [5, 5.41) is 2.87. The van der Waals surface area contributed by atoms with Gasteiger partial charge >= 0.3 is 11.1 Å². The fourth-order valence-electron chi connectivity index (χ4n) is 3.79. The number of aromatic nitrogens is 3. The fraction of sp³-hybridized carbons (Fsp3) is 0.231. The van der Waals surface area contributed by atoms with E-state index in [-0.39, 0.29) is 24.9 Å². The molecule has 2 aromatic heterocycles. The van der Waals surface area contributed by atoms with Gasteiger partial charge in [0.1, 0.15) is 6.54 Å². The van der Waals surface area contributed by atoms with Crippen LogP contribution < -0.4 is 16.4 Å². The van der Waals surface area contributed by atoms with Crippen molar-refractivity contribution in [2.45, 2.75) is 32.9 Å². The maximum Gasteiger partial charge on any atom is 0.318 e. The van der Waals surface area contributed by atoms with Gasteiger partial charge in [0.25, 0.3) is 0 Å². The highest BCUT2D eigenvalue weighted by Gasteiger charge is 2.17. The molecule has 0 bridgehead atoms. The smallest absolute Gasteiger partial charge is 0.318 e. The van der Waals surface area contributed by atoms with E-state index in [4.69, 9.17) is 0 Å². The zero-order valence-electron chi connectivity index (χ0n) is 18.7. The number of pyridine rings is 1. The summed E-state index contributed by atoms with van der Waals surface area (Å²) >= 11 is 0. The van der Waals surface area contributed by atoms with Crippen LogP contribution in [0.25, 0.3) is 11.2 Å². The monoisotopic (exact) mass is 442 g/mol. The van der Waals surface area contributed by atoms with Crippen molar-refractivity contribution in [3.63, 3.8) is 0 Å². The van der Waals surface area contributed by atoms with Crippen LogP contribution in [0.15, 0.2) is 82.5 Å². The van der Waals surface area contributed by atoms with E-state index < -0.39 is 11.1 Å². The zero-order valence-corrected chi connectivity index (χ0v) is 18.7. The van der Waals surface area contributed by atoms with E-state index in [1.807, 2.05) is 68.4 Å². The number of fused-ring (bicyclic) bond motifs is 1. The second-order valence-electron chi connectivity index (χ2n) is 8.23. The van der Waals surface area contributed by atoms with E-state index in [0.29, 0.717) is 17.7 Å². The van der Waals surface area contributed by atoms with Crippen LogP contribution in [0.1, 0.15) is 29.5 Å². The number of carbonyl (C=O) groups is 1. The predicted molar refractivity (Wildman–Crippen MR) is 128 cm³/mol. The molecule has 33 heavy (non-hydrogen) atoms. The molecule has 7 nitrogen and oxygen atoms in total. The van der Waals surface area contributed by atoms with E-state index in [1.165, 1.54) is 9.13 Å². The van der Waals surface area contributed by atoms with Gasteiger partial charge in [0.2, 0.25) is 5.91 Å². The van der Waals surface area contributed by atoms with Crippen LogP contribution in [0.5, 0.6) is 0 Å². The highest BCUT2D eigenvalue weighted by molar-refractivity contribution is 5.78. The van der Waals surface area contributed by atoms with Gasteiger partial charge in [-0.25, -0.2) is 4.98 Å². The number of nitrogens with zero attached hydrogens (tertiary/aromatic N) is 3. The standard InChI is InChI=1S/C26H26N4O3/c1-18-10-12-20(13-11-18)16-30-24-22(9-6-14-27-24)29(25(32)26(30)33)17-23(31)28-15-19(2)21-7-4-3-5-8-21/h3-14,19H,15-17H2,1-2H3,(H,28,31)/t19-/m1/s1. The van der Waals surface area contributed by atoms with Crippen molar-refractivity contribution in [2.75, 3.05) is 6.54 Å². The Bertz CT molecular complexity index is 1390. The van der Waals surface area contributed by atoms with E-state index >= 15 is 0 Å². The number of nitrogens with one attached hydrogen (secondary N) is 1. The van der Waals surface area contributed by atoms with Crippen LogP contribution in [0.4, 0.5) is 0 Å². The largest absolute Gasteiger partial charge is 0.354 e. The van der Waals surface area contributed by atoms with Crippen LogP contribution in [-0.2, 0) is 17.9 Å². The van der Waals surface area contributed by atoms with Gasteiger partial charge in [-0.3, -0.25) is 23.5 Å². The number of rotatable bonds is 7. The van der Waals surface area contributed by atoms with Gasteiger partial charge in [-0.2, -0.15) is 0 Å². The summed E-state index contributed by atoms with van der Waals surface area (Å²) in [5.41, 5.74) is 2.48. The zero-order chi connectivity index (χ0) is 23.4. The molecule has 0 aliphatic carbocycles. The Kier molecular flexibility index (Phi) is 6.49. The highest BCUT2D eigenvalue weighted by atomic mass is 16.2. The van der Waals surface area contributed by atoms with Gasteiger partial charge < -0.3 is 5.32 Å². The maximum absolute atomic E-state index is 13.0. The molecule has 0 spiro atoms. The van der Waals surface area contributed by atoms with Crippen LogP contribution in [0, 0.1) is 6.92 Å². The lowest BCUT2D eigenvalue weighted by Crippen LogP contribution is -2.44. The van der Waals surface area contributed by atoms with Crippen molar-refractivity contribution in [3.05, 3.63) is 110 Å². The van der Waals surface area contributed by atoms with Gasteiger partial charge in [0, 0.05) is 12.7 Å². The second kappa shape index (κ2) is 9.65. The molecule has 4 aromatic rings. The Morgan fingerprint density at radius 3 is 2.36 bits per heavy atom. The van der Waals surface area contributed by atoms with Gasteiger partial charge in [-0.15, -0.1) is 0 Å². The molecule has 0 radical (unpaired) electrons. The summed E-state index contributed by atoms with van der Waals surface area (Å²) in [5.74, 6) is -0.214. The van der Waals surface area contributed by atoms with Crippen LogP contribution in [0.3, 0.4) is 0 Å². The fourth-order valence-corrected chi connectivity index (χ4v) is 3.79. The average Bonchev–Trinajstić information content (AvgIpc) is 2.84. The van der Waals surface area contributed by atoms with Crippen molar-refractivity contribution in [1.29, 1.82) is 0 Å². The first kappa shape index (κ1) is 22.2. The topological polar surface area (TPSA) is 86.0 Å². The van der Waals surface area contributed by atoms with Crippen LogP contribution >= 0.6 is 0 Å². The average molecular weight is 443 g/mol. The third-order valence-corrected chi connectivity index (χ3v) is 5.72. The molecule has 1 amide bonds. The third kappa shape index (κ3) is 4.92. The lowest BCUT2D eigenvalue weighted by atomic mass is 10.0. The maximum atomic E-state index is 13.0. The Morgan fingerprint density at radius 1 is 0.939 bits per heavy atom. The first-order valence-corrected chi connectivity index (χ1v) is 10.9. The Morgan fingerprint density at radius 2 is 1.64 bits per heavy atom. The van der Waals surface area contributed by atoms with Crippen molar-refractivity contribution >= 4 is 17.1 Å². The Hall–Kier alpha value is -4.00. The minimum absolute atomic E-state index is 0.118. The van der Waals surface area contributed by atoms with Crippen molar-refractivity contribution in [2.24, 2.45) is 0 Å². The number of hydrogen-bond donors (Lipinski definition) is 1. The lowest BCUT2D eigenvalue weighted by Gasteiger charge is -2.16. The number of carbonyl (C=O) groups excluding carboxylic acids is 1. The summed E-state index contributed by atoms with van der Waals surface area (Å²) in [7, 11) is 0. The molecule has 0 aliphatic heterocycles. The second-order valence-corrected chi connectivity index (χ2v) is 8.23. The quantitative estimate of drug-likeness (QED) is 0.446. The third-order valence-electron chi connectivity index (χ3n) is 5.72. The highest BCUT2D eigenvalue weighted by Crippen LogP contribution is 2.13. The normalized spacial score (nSPS) is 11.9. The molecular weight excluding hydrogens is 416 g/mol. The van der Waals surface area contributed by atoms with Crippen molar-refractivity contribution in [1.82, 2.24) is 19.4 Å². The molecule has 168 valence electrons. The van der Waals surface area contributed by atoms with Crippen LogP contribution in [-0.4, -0.2) is 26.6 Å². The first-order chi connectivity index (χ1) is 15.9. The van der Waals surface area contributed by atoms with E-state index in [1.54, 1.807) is 18.3 Å². The Balaban J connectivity index is 1.60.